The van der Waals surface area contributed by atoms with Gasteiger partial charge in [0.2, 0.25) is 5.92 Å². The second kappa shape index (κ2) is 6.34. The van der Waals surface area contributed by atoms with E-state index in [1.807, 2.05) is 41.5 Å². The lowest BCUT2D eigenvalue weighted by atomic mass is 9.76. The molecule has 134 valence electrons. The molecule has 1 aromatic heterocycles. The highest BCUT2D eigenvalue weighted by molar-refractivity contribution is 6.62. The highest BCUT2D eigenvalue weighted by Crippen LogP contribution is 2.48. The third-order valence-electron chi connectivity index (χ3n) is 4.89. The Morgan fingerprint density at radius 1 is 1.08 bits per heavy atom. The molecule has 0 amide bonds. The maximum absolute atomic E-state index is 14.2. The Labute approximate surface area is 142 Å². The van der Waals surface area contributed by atoms with Crippen LogP contribution in [-0.2, 0) is 9.31 Å². The minimum Gasteiger partial charge on any atom is -0.399 e. The Morgan fingerprint density at radius 2 is 1.58 bits per heavy atom. The first-order valence-electron chi connectivity index (χ1n) is 8.40. The highest BCUT2D eigenvalue weighted by Gasteiger charge is 2.52. The topological polar surface area (TPSA) is 31.4 Å². The van der Waals surface area contributed by atoms with E-state index < -0.39 is 36.0 Å². The van der Waals surface area contributed by atoms with E-state index in [0.29, 0.717) is 5.46 Å². The van der Waals surface area contributed by atoms with Gasteiger partial charge in [0, 0.05) is 30.4 Å². The molecule has 3 nitrogen and oxygen atoms in total. The van der Waals surface area contributed by atoms with Crippen LogP contribution in [0.2, 0.25) is 0 Å². The van der Waals surface area contributed by atoms with Crippen molar-refractivity contribution in [2.75, 3.05) is 0 Å². The van der Waals surface area contributed by atoms with Crippen LogP contribution in [0.5, 0.6) is 0 Å². The van der Waals surface area contributed by atoms with Gasteiger partial charge in [0.05, 0.1) is 16.9 Å². The fourth-order valence-corrected chi connectivity index (χ4v) is 2.73. The molecule has 24 heavy (non-hydrogen) atoms. The summed E-state index contributed by atoms with van der Waals surface area (Å²) in [4.78, 5) is 4.04. The molecule has 1 aliphatic heterocycles. The van der Waals surface area contributed by atoms with E-state index in [-0.39, 0.29) is 18.5 Å². The summed E-state index contributed by atoms with van der Waals surface area (Å²) in [5.74, 6) is -3.78. The van der Waals surface area contributed by atoms with Crippen LogP contribution in [0.25, 0.3) is 0 Å². The molecule has 7 heteroatoms. The molecular weight excluding hydrogens is 318 g/mol. The first-order valence-corrected chi connectivity index (χ1v) is 8.40. The summed E-state index contributed by atoms with van der Waals surface area (Å²) in [5, 5.41) is 0. The highest BCUT2D eigenvalue weighted by atomic mass is 19.3. The van der Waals surface area contributed by atoms with E-state index in [0.717, 1.165) is 0 Å². The average molecular weight is 343 g/mol. The molecule has 0 atom stereocenters. The summed E-state index contributed by atoms with van der Waals surface area (Å²) in [6.45, 7) is 11.6. The summed E-state index contributed by atoms with van der Waals surface area (Å²) in [6.07, 6.45) is 0.774. The van der Waals surface area contributed by atoms with Crippen molar-refractivity contribution in [1.82, 2.24) is 4.98 Å². The van der Waals surface area contributed by atoms with Crippen LogP contribution in [0.4, 0.5) is 13.2 Å². The number of alkyl halides is 2. The molecule has 0 bridgehead atoms. The monoisotopic (exact) mass is 343 g/mol. The third kappa shape index (κ3) is 3.47. The number of rotatable bonds is 2. The van der Waals surface area contributed by atoms with Gasteiger partial charge in [0.25, 0.3) is 0 Å². The molecule has 0 spiro atoms. The van der Waals surface area contributed by atoms with Crippen LogP contribution in [0, 0.1) is 5.82 Å². The fraction of sp³-hybridized carbons (Fsp3) is 0.706. The standard InChI is InChI=1S/C15H19BF3NO2.C2H6/c1-13(2)14(3,4)22-16(21-13)10-5-11(17)12(20-8-10)9-6-15(18,19)7-9;1-2/h5,8-9H,6-7H2,1-4H3;1-2H3. The molecule has 0 N–H and O–H groups in total. The molecule has 2 heterocycles. The second-order valence-corrected chi connectivity index (χ2v) is 7.19. The Morgan fingerprint density at radius 3 is 2.00 bits per heavy atom. The Bertz CT molecular complexity index is 583. The summed E-state index contributed by atoms with van der Waals surface area (Å²) in [5.41, 5.74) is -0.483. The maximum atomic E-state index is 14.2. The van der Waals surface area contributed by atoms with Gasteiger partial charge in [-0.25, -0.2) is 13.2 Å². The first-order chi connectivity index (χ1) is 11.0. The molecule has 1 saturated heterocycles. The molecule has 0 aromatic carbocycles. The Hall–Kier alpha value is -1.08. The van der Waals surface area contributed by atoms with E-state index in [4.69, 9.17) is 9.31 Å². The van der Waals surface area contributed by atoms with Crippen LogP contribution < -0.4 is 5.46 Å². The van der Waals surface area contributed by atoms with E-state index >= 15 is 0 Å². The van der Waals surface area contributed by atoms with Crippen LogP contribution in [0.15, 0.2) is 12.3 Å². The van der Waals surface area contributed by atoms with Crippen molar-refractivity contribution in [1.29, 1.82) is 0 Å². The van der Waals surface area contributed by atoms with Crippen LogP contribution in [0.3, 0.4) is 0 Å². The number of hydrogen-bond acceptors (Lipinski definition) is 3. The van der Waals surface area contributed by atoms with Crippen molar-refractivity contribution in [3.05, 3.63) is 23.8 Å². The Balaban J connectivity index is 0.00000100. The number of hydrogen-bond donors (Lipinski definition) is 0. The lowest BCUT2D eigenvalue weighted by molar-refractivity contribution is -0.0882. The van der Waals surface area contributed by atoms with E-state index in [1.165, 1.54) is 12.3 Å². The third-order valence-corrected chi connectivity index (χ3v) is 4.89. The van der Waals surface area contributed by atoms with Gasteiger partial charge >= 0.3 is 7.12 Å². The zero-order valence-electron chi connectivity index (χ0n) is 15.1. The van der Waals surface area contributed by atoms with Crippen molar-refractivity contribution in [3.8, 4) is 0 Å². The zero-order valence-corrected chi connectivity index (χ0v) is 15.1. The molecule has 0 unspecified atom stereocenters. The normalized spacial score (nSPS) is 24.1. The van der Waals surface area contributed by atoms with E-state index in [2.05, 4.69) is 4.98 Å². The number of pyridine rings is 1. The lowest BCUT2D eigenvalue weighted by Crippen LogP contribution is -2.41. The van der Waals surface area contributed by atoms with Gasteiger partial charge in [-0.1, -0.05) is 13.8 Å². The fourth-order valence-electron chi connectivity index (χ4n) is 2.73. The zero-order chi connectivity index (χ0) is 18.3. The van der Waals surface area contributed by atoms with Gasteiger partial charge in [0.1, 0.15) is 5.82 Å². The first kappa shape index (κ1) is 19.3. The molecular formula is C17H25BF3NO2. The largest absolute Gasteiger partial charge is 0.496 e. The lowest BCUT2D eigenvalue weighted by Gasteiger charge is -2.34. The molecule has 1 aromatic rings. The summed E-state index contributed by atoms with van der Waals surface area (Å²) >= 11 is 0. The summed E-state index contributed by atoms with van der Waals surface area (Å²) < 4.78 is 51.7. The molecule has 0 radical (unpaired) electrons. The predicted molar refractivity (Wildman–Crippen MR) is 88.2 cm³/mol. The van der Waals surface area contributed by atoms with E-state index in [1.54, 1.807) is 0 Å². The van der Waals surface area contributed by atoms with Crippen LogP contribution in [-0.4, -0.2) is 29.2 Å². The summed E-state index contributed by atoms with van der Waals surface area (Å²) in [7, 11) is -0.705. The Kier molecular flexibility index (Phi) is 5.08. The molecule has 2 fully saturated rings. The minimum atomic E-state index is -2.69. The number of halogens is 3. The number of aromatic nitrogens is 1. The van der Waals surface area contributed by atoms with Crippen LogP contribution >= 0.6 is 0 Å². The SMILES string of the molecule is CC.CC1(C)OB(c2cnc(C3CC(F)(F)C3)c(F)c2)OC1(C)C. The van der Waals surface area contributed by atoms with Gasteiger partial charge in [-0.05, 0) is 33.8 Å². The second-order valence-electron chi connectivity index (χ2n) is 7.19. The van der Waals surface area contributed by atoms with Gasteiger partial charge in [-0.3, -0.25) is 4.98 Å². The van der Waals surface area contributed by atoms with Gasteiger partial charge < -0.3 is 9.31 Å². The van der Waals surface area contributed by atoms with Crippen molar-refractivity contribution in [2.24, 2.45) is 0 Å². The van der Waals surface area contributed by atoms with Crippen molar-refractivity contribution >= 4 is 12.6 Å². The average Bonchev–Trinajstić information content (AvgIpc) is 2.67. The van der Waals surface area contributed by atoms with Gasteiger partial charge in [0.15, 0.2) is 0 Å². The molecule has 2 aliphatic rings. The van der Waals surface area contributed by atoms with Crippen LogP contribution in [0.1, 0.15) is 66.0 Å². The van der Waals surface area contributed by atoms with Crippen molar-refractivity contribution < 1.29 is 22.5 Å². The van der Waals surface area contributed by atoms with Crippen molar-refractivity contribution in [3.63, 3.8) is 0 Å². The molecule has 3 rings (SSSR count). The quantitative estimate of drug-likeness (QED) is 0.759. The molecule has 1 saturated carbocycles. The van der Waals surface area contributed by atoms with E-state index in [9.17, 15) is 13.2 Å². The smallest absolute Gasteiger partial charge is 0.399 e. The predicted octanol–water partition coefficient (Wildman–Crippen LogP) is 4.06. The minimum absolute atomic E-state index is 0.103. The summed E-state index contributed by atoms with van der Waals surface area (Å²) in [6, 6.07) is 1.28. The van der Waals surface area contributed by atoms with Gasteiger partial charge in [-0.2, -0.15) is 0 Å². The van der Waals surface area contributed by atoms with Gasteiger partial charge in [-0.15, -0.1) is 0 Å². The number of nitrogens with zero attached hydrogens (tertiary/aromatic N) is 1. The molecule has 1 aliphatic carbocycles. The van der Waals surface area contributed by atoms with Crippen molar-refractivity contribution in [2.45, 2.75) is 77.4 Å². The maximum Gasteiger partial charge on any atom is 0.496 e.